The van der Waals surface area contributed by atoms with Gasteiger partial charge in [0.25, 0.3) is 0 Å². The van der Waals surface area contributed by atoms with Crippen LogP contribution in [0.1, 0.15) is 31.2 Å². The molecule has 0 saturated heterocycles. The molecule has 0 amide bonds. The zero-order chi connectivity index (χ0) is 13.7. The monoisotopic (exact) mass is 265 g/mol. The Kier molecular flexibility index (Phi) is 4.91. The van der Waals surface area contributed by atoms with Crippen molar-refractivity contribution in [1.82, 2.24) is 5.32 Å². The van der Waals surface area contributed by atoms with Crippen LogP contribution < -0.4 is 5.32 Å². The van der Waals surface area contributed by atoms with Crippen molar-refractivity contribution >= 4 is 5.97 Å². The first-order valence-corrected chi connectivity index (χ1v) is 6.86. The van der Waals surface area contributed by atoms with Gasteiger partial charge < -0.3 is 10.4 Å². The number of halogens is 1. The number of benzene rings is 1. The van der Waals surface area contributed by atoms with Crippen LogP contribution >= 0.6 is 0 Å². The minimum absolute atomic E-state index is 0.197. The van der Waals surface area contributed by atoms with E-state index in [9.17, 15) is 9.18 Å². The van der Waals surface area contributed by atoms with Crippen molar-refractivity contribution in [2.75, 3.05) is 6.54 Å². The number of carboxylic acid groups (broad SMARTS) is 1. The molecule has 0 spiro atoms. The van der Waals surface area contributed by atoms with E-state index in [4.69, 9.17) is 5.11 Å². The van der Waals surface area contributed by atoms with E-state index in [0.717, 1.165) is 44.2 Å². The minimum atomic E-state index is -0.676. The quantitative estimate of drug-likeness (QED) is 0.860. The normalized spacial score (nSPS) is 23.2. The summed E-state index contributed by atoms with van der Waals surface area (Å²) in [5.74, 6) is -1.09. The van der Waals surface area contributed by atoms with Crippen LogP contribution in [-0.4, -0.2) is 23.7 Å². The fraction of sp³-hybridized carbons (Fsp3) is 0.533. The Morgan fingerprint density at radius 3 is 2.74 bits per heavy atom. The number of rotatable bonds is 5. The lowest BCUT2D eigenvalue weighted by Crippen LogP contribution is -2.37. The molecule has 0 bridgehead atoms. The molecule has 3 nitrogen and oxygen atoms in total. The fourth-order valence-electron chi connectivity index (χ4n) is 2.67. The van der Waals surface area contributed by atoms with Crippen molar-refractivity contribution in [2.24, 2.45) is 5.92 Å². The van der Waals surface area contributed by atoms with Gasteiger partial charge in [-0.25, -0.2) is 4.39 Å². The molecule has 0 heterocycles. The predicted molar refractivity (Wildman–Crippen MR) is 71.5 cm³/mol. The zero-order valence-electron chi connectivity index (χ0n) is 10.9. The summed E-state index contributed by atoms with van der Waals surface area (Å²) in [4.78, 5) is 11.0. The van der Waals surface area contributed by atoms with Gasteiger partial charge in [0.15, 0.2) is 0 Å². The molecule has 1 aromatic rings. The van der Waals surface area contributed by atoms with Gasteiger partial charge in [-0.1, -0.05) is 18.6 Å². The maximum Gasteiger partial charge on any atom is 0.306 e. The maximum atomic E-state index is 12.7. The van der Waals surface area contributed by atoms with E-state index in [1.165, 1.54) is 12.1 Å². The molecule has 1 saturated carbocycles. The van der Waals surface area contributed by atoms with E-state index >= 15 is 0 Å². The van der Waals surface area contributed by atoms with Crippen molar-refractivity contribution < 1.29 is 14.3 Å². The van der Waals surface area contributed by atoms with Crippen molar-refractivity contribution in [3.63, 3.8) is 0 Å². The van der Waals surface area contributed by atoms with Gasteiger partial charge in [0.1, 0.15) is 5.82 Å². The van der Waals surface area contributed by atoms with Gasteiger partial charge in [0.05, 0.1) is 5.92 Å². The molecule has 0 aliphatic heterocycles. The molecular weight excluding hydrogens is 245 g/mol. The SMILES string of the molecule is O=C(O)C1CCCC(NCCc2ccc(F)cc2)C1. The predicted octanol–water partition coefficient (Wildman–Crippen LogP) is 2.60. The number of carboxylic acids is 1. The molecule has 0 radical (unpaired) electrons. The van der Waals surface area contributed by atoms with E-state index in [2.05, 4.69) is 5.32 Å². The van der Waals surface area contributed by atoms with Crippen LogP contribution in [0.5, 0.6) is 0 Å². The second kappa shape index (κ2) is 6.66. The Bertz CT molecular complexity index is 419. The summed E-state index contributed by atoms with van der Waals surface area (Å²) < 4.78 is 12.7. The van der Waals surface area contributed by atoms with Gasteiger partial charge in [-0.2, -0.15) is 0 Å². The average Bonchev–Trinajstić information content (AvgIpc) is 2.41. The number of hydrogen-bond donors (Lipinski definition) is 2. The standard InChI is InChI=1S/C15H20FNO2/c16-13-6-4-11(5-7-13)8-9-17-14-3-1-2-12(10-14)15(18)19/h4-7,12,14,17H,1-3,8-10H2,(H,18,19). The molecule has 19 heavy (non-hydrogen) atoms. The van der Waals surface area contributed by atoms with E-state index in [-0.39, 0.29) is 11.7 Å². The van der Waals surface area contributed by atoms with Crippen LogP contribution in [0.3, 0.4) is 0 Å². The lowest BCUT2D eigenvalue weighted by molar-refractivity contribution is -0.143. The van der Waals surface area contributed by atoms with Gasteiger partial charge in [0.2, 0.25) is 0 Å². The van der Waals surface area contributed by atoms with Crippen LogP contribution in [0, 0.1) is 11.7 Å². The fourth-order valence-corrected chi connectivity index (χ4v) is 2.67. The summed E-state index contributed by atoms with van der Waals surface area (Å²) in [5.41, 5.74) is 1.10. The highest BCUT2D eigenvalue weighted by atomic mass is 19.1. The van der Waals surface area contributed by atoms with E-state index in [1.807, 2.05) is 0 Å². The molecule has 2 rings (SSSR count). The minimum Gasteiger partial charge on any atom is -0.481 e. The Hall–Kier alpha value is -1.42. The summed E-state index contributed by atoms with van der Waals surface area (Å²) in [5, 5.41) is 12.4. The average molecular weight is 265 g/mol. The third-order valence-electron chi connectivity index (χ3n) is 3.78. The van der Waals surface area contributed by atoms with Gasteiger partial charge in [-0.3, -0.25) is 4.79 Å². The molecule has 0 aromatic heterocycles. The molecule has 104 valence electrons. The topological polar surface area (TPSA) is 49.3 Å². The van der Waals surface area contributed by atoms with E-state index in [0.29, 0.717) is 6.04 Å². The smallest absolute Gasteiger partial charge is 0.306 e. The zero-order valence-corrected chi connectivity index (χ0v) is 10.9. The van der Waals surface area contributed by atoms with Crippen LogP contribution in [0.2, 0.25) is 0 Å². The summed E-state index contributed by atoms with van der Waals surface area (Å²) in [6.45, 7) is 0.808. The van der Waals surface area contributed by atoms with Crippen LogP contribution in [0.4, 0.5) is 4.39 Å². The van der Waals surface area contributed by atoms with E-state index in [1.54, 1.807) is 12.1 Å². The molecule has 1 aromatic carbocycles. The number of aliphatic carboxylic acids is 1. The van der Waals surface area contributed by atoms with Crippen molar-refractivity contribution in [1.29, 1.82) is 0 Å². The molecular formula is C15H20FNO2. The summed E-state index contributed by atoms with van der Waals surface area (Å²) >= 11 is 0. The molecule has 1 aliphatic carbocycles. The van der Waals surface area contributed by atoms with Crippen molar-refractivity contribution in [2.45, 2.75) is 38.1 Å². The highest BCUT2D eigenvalue weighted by Crippen LogP contribution is 2.24. The maximum absolute atomic E-state index is 12.7. The highest BCUT2D eigenvalue weighted by Gasteiger charge is 2.26. The molecule has 2 unspecified atom stereocenters. The Balaban J connectivity index is 1.73. The van der Waals surface area contributed by atoms with Gasteiger partial charge in [-0.05, 0) is 49.9 Å². The van der Waals surface area contributed by atoms with Crippen LogP contribution in [0.15, 0.2) is 24.3 Å². The summed E-state index contributed by atoms with van der Waals surface area (Å²) in [7, 11) is 0. The first kappa shape index (κ1) is 14.0. The second-order valence-corrected chi connectivity index (χ2v) is 5.23. The van der Waals surface area contributed by atoms with Crippen molar-refractivity contribution in [3.8, 4) is 0 Å². The Morgan fingerprint density at radius 1 is 1.32 bits per heavy atom. The molecule has 1 fully saturated rings. The lowest BCUT2D eigenvalue weighted by Gasteiger charge is -2.27. The van der Waals surface area contributed by atoms with Crippen LogP contribution in [-0.2, 0) is 11.2 Å². The Labute approximate surface area is 112 Å². The molecule has 4 heteroatoms. The first-order chi connectivity index (χ1) is 9.15. The second-order valence-electron chi connectivity index (χ2n) is 5.23. The molecule has 2 N–H and O–H groups in total. The number of nitrogens with one attached hydrogen (secondary N) is 1. The lowest BCUT2D eigenvalue weighted by atomic mass is 9.86. The van der Waals surface area contributed by atoms with E-state index < -0.39 is 5.97 Å². The number of hydrogen-bond acceptors (Lipinski definition) is 2. The Morgan fingerprint density at radius 2 is 2.05 bits per heavy atom. The van der Waals surface area contributed by atoms with Gasteiger partial charge in [0, 0.05) is 6.04 Å². The largest absolute Gasteiger partial charge is 0.481 e. The summed E-state index contributed by atoms with van der Waals surface area (Å²) in [6, 6.07) is 6.82. The van der Waals surface area contributed by atoms with Gasteiger partial charge >= 0.3 is 5.97 Å². The summed E-state index contributed by atoms with van der Waals surface area (Å²) in [6.07, 6.45) is 4.39. The first-order valence-electron chi connectivity index (χ1n) is 6.86. The third-order valence-corrected chi connectivity index (χ3v) is 3.78. The highest BCUT2D eigenvalue weighted by molar-refractivity contribution is 5.70. The van der Waals surface area contributed by atoms with Crippen LogP contribution in [0.25, 0.3) is 0 Å². The third kappa shape index (κ3) is 4.31. The van der Waals surface area contributed by atoms with Gasteiger partial charge in [-0.15, -0.1) is 0 Å². The molecule has 1 aliphatic rings. The van der Waals surface area contributed by atoms with Crippen molar-refractivity contribution in [3.05, 3.63) is 35.6 Å². The molecule has 2 atom stereocenters. The number of carbonyl (C=O) groups is 1.